The number of hydrogen-bond donors (Lipinski definition) is 2. The van der Waals surface area contributed by atoms with Crippen molar-refractivity contribution in [3.8, 4) is 11.1 Å². The molecule has 1 amide bonds. The molecule has 1 heterocycles. The SMILES string of the molecule is Cc1ccc(-c2c(N(C)C(=O)OC(C)(C)C)c(CC(C)C)nc3ccc(C(N)=NO)cc23)cc1. The van der Waals surface area contributed by atoms with E-state index < -0.39 is 11.7 Å². The third kappa shape index (κ3) is 5.47. The number of rotatable bonds is 5. The Morgan fingerprint density at radius 3 is 2.38 bits per heavy atom. The lowest BCUT2D eigenvalue weighted by Gasteiger charge is -2.28. The number of nitrogens with two attached hydrogens (primary N) is 1. The Bertz CT molecular complexity index is 1230. The number of nitrogens with zero attached hydrogens (tertiary/aromatic N) is 3. The third-order valence-electron chi connectivity index (χ3n) is 5.38. The van der Waals surface area contributed by atoms with E-state index in [4.69, 9.17) is 15.5 Å². The number of amides is 1. The van der Waals surface area contributed by atoms with Gasteiger partial charge in [-0.25, -0.2) is 4.79 Å². The third-order valence-corrected chi connectivity index (χ3v) is 5.38. The molecule has 0 bridgehead atoms. The van der Waals surface area contributed by atoms with Crippen LogP contribution < -0.4 is 10.6 Å². The van der Waals surface area contributed by atoms with Crippen molar-refractivity contribution in [1.82, 2.24) is 4.98 Å². The summed E-state index contributed by atoms with van der Waals surface area (Å²) in [6.07, 6.45) is 0.221. The molecule has 3 aromatic rings. The zero-order valence-corrected chi connectivity index (χ0v) is 21.0. The number of aryl methyl sites for hydroxylation is 1. The maximum absolute atomic E-state index is 13.2. The Hall–Kier alpha value is -3.61. The van der Waals surface area contributed by atoms with Gasteiger partial charge in [-0.1, -0.05) is 48.8 Å². The minimum Gasteiger partial charge on any atom is -0.443 e. The fourth-order valence-corrected chi connectivity index (χ4v) is 3.85. The van der Waals surface area contributed by atoms with Gasteiger partial charge in [0, 0.05) is 23.6 Å². The lowest BCUT2D eigenvalue weighted by molar-refractivity contribution is 0.0589. The summed E-state index contributed by atoms with van der Waals surface area (Å²) in [4.78, 5) is 19.7. The summed E-state index contributed by atoms with van der Waals surface area (Å²) in [6.45, 7) is 11.8. The van der Waals surface area contributed by atoms with E-state index in [2.05, 4.69) is 19.0 Å². The predicted octanol–water partition coefficient (Wildman–Crippen LogP) is 5.87. The van der Waals surface area contributed by atoms with E-state index in [0.717, 1.165) is 33.3 Å². The van der Waals surface area contributed by atoms with Crippen molar-refractivity contribution in [3.63, 3.8) is 0 Å². The Balaban J connectivity index is 2.41. The van der Waals surface area contributed by atoms with Crippen LogP contribution in [0.1, 0.15) is 51.4 Å². The molecule has 0 radical (unpaired) electrons. The smallest absolute Gasteiger partial charge is 0.414 e. The van der Waals surface area contributed by atoms with E-state index in [1.807, 2.05) is 64.1 Å². The first-order chi connectivity index (χ1) is 15.9. The number of fused-ring (bicyclic) bond motifs is 1. The largest absolute Gasteiger partial charge is 0.443 e. The van der Waals surface area contributed by atoms with Crippen molar-refractivity contribution in [1.29, 1.82) is 0 Å². The van der Waals surface area contributed by atoms with Gasteiger partial charge < -0.3 is 15.7 Å². The molecule has 3 N–H and O–H groups in total. The first kappa shape index (κ1) is 25.0. The molecule has 0 atom stereocenters. The number of aromatic nitrogens is 1. The molecule has 0 saturated heterocycles. The highest BCUT2D eigenvalue weighted by Gasteiger charge is 2.27. The quantitative estimate of drug-likeness (QED) is 0.214. The number of ether oxygens (including phenoxy) is 1. The molecular weight excluding hydrogens is 428 g/mol. The average Bonchev–Trinajstić information content (AvgIpc) is 2.76. The van der Waals surface area contributed by atoms with Crippen LogP contribution in [0.4, 0.5) is 10.5 Å². The number of pyridine rings is 1. The lowest BCUT2D eigenvalue weighted by Crippen LogP contribution is -2.35. The highest BCUT2D eigenvalue weighted by molar-refractivity contribution is 6.09. The van der Waals surface area contributed by atoms with Crippen LogP contribution in [0.3, 0.4) is 0 Å². The number of carbonyl (C=O) groups is 1. The molecule has 0 aliphatic carbocycles. The zero-order chi connectivity index (χ0) is 25.2. The highest BCUT2D eigenvalue weighted by atomic mass is 16.6. The first-order valence-electron chi connectivity index (χ1n) is 11.4. The van der Waals surface area contributed by atoms with Gasteiger partial charge in [0.05, 0.1) is 16.9 Å². The summed E-state index contributed by atoms with van der Waals surface area (Å²) < 4.78 is 5.70. The van der Waals surface area contributed by atoms with Crippen LogP contribution >= 0.6 is 0 Å². The first-order valence-corrected chi connectivity index (χ1v) is 11.4. The average molecular weight is 463 g/mol. The number of benzene rings is 2. The van der Waals surface area contributed by atoms with Crippen LogP contribution in [0.25, 0.3) is 22.0 Å². The van der Waals surface area contributed by atoms with E-state index in [0.29, 0.717) is 23.6 Å². The molecule has 0 fully saturated rings. The van der Waals surface area contributed by atoms with Crippen molar-refractivity contribution < 1.29 is 14.7 Å². The second-order valence-electron chi connectivity index (χ2n) is 10.0. The molecular formula is C27H34N4O3. The van der Waals surface area contributed by atoms with Gasteiger partial charge in [0.25, 0.3) is 0 Å². The van der Waals surface area contributed by atoms with E-state index in [9.17, 15) is 10.0 Å². The molecule has 7 nitrogen and oxygen atoms in total. The number of hydrogen-bond acceptors (Lipinski definition) is 5. The van der Waals surface area contributed by atoms with Crippen molar-refractivity contribution in [2.75, 3.05) is 11.9 Å². The van der Waals surface area contributed by atoms with Crippen molar-refractivity contribution >= 4 is 28.5 Å². The predicted molar refractivity (Wildman–Crippen MR) is 138 cm³/mol. The van der Waals surface area contributed by atoms with Crippen LogP contribution in [0.15, 0.2) is 47.6 Å². The molecule has 180 valence electrons. The van der Waals surface area contributed by atoms with Crippen LogP contribution in [0.5, 0.6) is 0 Å². The van der Waals surface area contributed by atoms with Crippen molar-refractivity contribution in [3.05, 3.63) is 59.3 Å². The van der Waals surface area contributed by atoms with E-state index in [1.165, 1.54) is 0 Å². The molecule has 0 aliphatic heterocycles. The topological polar surface area (TPSA) is 101 Å². The fraction of sp³-hybridized carbons (Fsp3) is 0.370. The Morgan fingerprint density at radius 1 is 1.18 bits per heavy atom. The molecule has 3 rings (SSSR count). The lowest BCUT2D eigenvalue weighted by atomic mass is 9.93. The summed E-state index contributed by atoms with van der Waals surface area (Å²) in [5.74, 6) is 0.322. The maximum atomic E-state index is 13.2. The molecule has 0 spiro atoms. The zero-order valence-electron chi connectivity index (χ0n) is 21.0. The Morgan fingerprint density at radius 2 is 1.82 bits per heavy atom. The minimum atomic E-state index is -0.642. The summed E-state index contributed by atoms with van der Waals surface area (Å²) in [5.41, 5.74) is 11.0. The molecule has 34 heavy (non-hydrogen) atoms. The molecule has 0 saturated carbocycles. The van der Waals surface area contributed by atoms with Gasteiger partial charge in [-0.05, 0) is 63.8 Å². The monoisotopic (exact) mass is 462 g/mol. The van der Waals surface area contributed by atoms with Crippen LogP contribution in [-0.4, -0.2) is 34.8 Å². The number of carbonyl (C=O) groups excluding carboxylic acids is 1. The van der Waals surface area contributed by atoms with Gasteiger partial charge in [0.1, 0.15) is 5.60 Å². The molecule has 1 aromatic heterocycles. The minimum absolute atomic E-state index is 0.00469. The van der Waals surface area contributed by atoms with Gasteiger partial charge >= 0.3 is 6.09 Å². The highest BCUT2D eigenvalue weighted by Crippen LogP contribution is 2.40. The van der Waals surface area contributed by atoms with Gasteiger partial charge in [-0.2, -0.15) is 0 Å². The molecule has 7 heteroatoms. The van der Waals surface area contributed by atoms with Gasteiger partial charge in [-0.3, -0.25) is 9.88 Å². The van der Waals surface area contributed by atoms with Gasteiger partial charge in [0.15, 0.2) is 5.84 Å². The van der Waals surface area contributed by atoms with Gasteiger partial charge in [0.2, 0.25) is 0 Å². The second kappa shape index (κ2) is 9.71. The van der Waals surface area contributed by atoms with E-state index in [-0.39, 0.29) is 5.84 Å². The van der Waals surface area contributed by atoms with Crippen molar-refractivity contribution in [2.24, 2.45) is 16.8 Å². The fourth-order valence-electron chi connectivity index (χ4n) is 3.85. The summed E-state index contributed by atoms with van der Waals surface area (Å²) in [5, 5.41) is 13.2. The van der Waals surface area contributed by atoms with E-state index >= 15 is 0 Å². The number of oxime groups is 1. The summed E-state index contributed by atoms with van der Waals surface area (Å²) in [6, 6.07) is 13.6. The Labute approximate surface area is 201 Å². The standard InChI is InChI=1S/C27H34N4O3/c1-16(2)14-22-24(31(7)26(32)34-27(4,5)6)23(18-10-8-17(3)9-11-18)20-15-19(25(28)30-33)12-13-21(20)29-22/h8-13,15-16,33H,14H2,1-7H3,(H2,28,30). The molecule has 0 unspecified atom stereocenters. The second-order valence-corrected chi connectivity index (χ2v) is 10.0. The number of anilines is 1. The van der Waals surface area contributed by atoms with Crippen LogP contribution in [-0.2, 0) is 11.2 Å². The van der Waals surface area contributed by atoms with Gasteiger partial charge in [-0.15, -0.1) is 0 Å². The maximum Gasteiger partial charge on any atom is 0.414 e. The van der Waals surface area contributed by atoms with Crippen LogP contribution in [0, 0.1) is 12.8 Å². The van der Waals surface area contributed by atoms with E-state index in [1.54, 1.807) is 18.0 Å². The Kier molecular flexibility index (Phi) is 7.15. The normalized spacial score (nSPS) is 12.3. The summed E-state index contributed by atoms with van der Waals surface area (Å²) >= 11 is 0. The summed E-state index contributed by atoms with van der Waals surface area (Å²) in [7, 11) is 1.71. The van der Waals surface area contributed by atoms with Crippen LogP contribution in [0.2, 0.25) is 0 Å². The molecule has 0 aliphatic rings. The number of amidine groups is 1. The van der Waals surface area contributed by atoms with Crippen molar-refractivity contribution in [2.45, 2.75) is 53.6 Å². The molecule has 2 aromatic carbocycles.